The second kappa shape index (κ2) is 8.38. The largest absolute Gasteiger partial charge is 0.481 e. The highest BCUT2D eigenvalue weighted by atomic mass is 16.4. The number of likely N-dealkylation sites (tertiary alicyclic amines) is 1. The number of rotatable bonds is 6. The van der Waals surface area contributed by atoms with Crippen LogP contribution in [-0.2, 0) is 16.0 Å². The fourth-order valence-corrected chi connectivity index (χ4v) is 3.90. The lowest BCUT2D eigenvalue weighted by Crippen LogP contribution is -2.48. The number of piperidine rings is 1. The lowest BCUT2D eigenvalue weighted by atomic mass is 9.81. The smallest absolute Gasteiger partial charge is 0.311 e. The van der Waals surface area contributed by atoms with Crippen molar-refractivity contribution in [3.8, 4) is 0 Å². The van der Waals surface area contributed by atoms with Crippen molar-refractivity contribution in [2.75, 3.05) is 13.1 Å². The summed E-state index contributed by atoms with van der Waals surface area (Å²) in [5, 5.41) is 9.51. The maximum Gasteiger partial charge on any atom is 0.311 e. The first kappa shape index (κ1) is 19.2. The molecule has 1 saturated heterocycles. The van der Waals surface area contributed by atoms with Crippen LogP contribution in [0, 0.1) is 5.41 Å². The normalized spacial score (nSPS) is 20.9. The maximum atomic E-state index is 13.0. The highest BCUT2D eigenvalue weighted by Crippen LogP contribution is 2.32. The summed E-state index contributed by atoms with van der Waals surface area (Å²) in [6.45, 7) is 2.69. The number of carboxylic acids is 1. The zero-order chi connectivity index (χ0) is 19.3. The molecule has 0 bridgehead atoms. The lowest BCUT2D eigenvalue weighted by Gasteiger charge is -2.38. The zero-order valence-corrected chi connectivity index (χ0v) is 15.8. The third kappa shape index (κ3) is 4.76. The second-order valence-corrected chi connectivity index (χ2v) is 7.79. The van der Waals surface area contributed by atoms with Crippen LogP contribution < -0.4 is 0 Å². The zero-order valence-electron chi connectivity index (χ0n) is 15.8. The van der Waals surface area contributed by atoms with E-state index in [0.29, 0.717) is 25.9 Å². The van der Waals surface area contributed by atoms with Crippen molar-refractivity contribution >= 4 is 11.9 Å². The number of carboxylic acid groups (broad SMARTS) is 1. The molecule has 142 valence electrons. The van der Waals surface area contributed by atoms with Crippen molar-refractivity contribution in [2.24, 2.45) is 5.41 Å². The van der Waals surface area contributed by atoms with Crippen molar-refractivity contribution in [1.82, 2.24) is 4.90 Å². The minimum Gasteiger partial charge on any atom is -0.481 e. The fraction of sp³-hybridized carbons (Fsp3) is 0.391. The number of nitrogens with zero attached hydrogens (tertiary/aromatic N) is 1. The number of carbonyl (C=O) groups is 2. The quantitative estimate of drug-likeness (QED) is 0.838. The van der Waals surface area contributed by atoms with Gasteiger partial charge in [0.2, 0.25) is 5.91 Å². The molecule has 1 aliphatic heterocycles. The van der Waals surface area contributed by atoms with Gasteiger partial charge in [0.15, 0.2) is 0 Å². The summed E-state index contributed by atoms with van der Waals surface area (Å²) >= 11 is 0. The maximum absolute atomic E-state index is 13.0. The van der Waals surface area contributed by atoms with Crippen LogP contribution in [0.15, 0.2) is 60.7 Å². The van der Waals surface area contributed by atoms with Gasteiger partial charge in [-0.05, 0) is 43.2 Å². The molecule has 2 aromatic rings. The molecule has 2 aromatic carbocycles. The summed E-state index contributed by atoms with van der Waals surface area (Å²) in [6, 6.07) is 20.3. The van der Waals surface area contributed by atoms with E-state index < -0.39 is 11.4 Å². The molecule has 0 spiro atoms. The topological polar surface area (TPSA) is 57.6 Å². The molecule has 27 heavy (non-hydrogen) atoms. The number of carbonyl (C=O) groups excluding carboxylic acids is 1. The van der Waals surface area contributed by atoms with E-state index >= 15 is 0 Å². The molecule has 1 heterocycles. The van der Waals surface area contributed by atoms with E-state index in [2.05, 4.69) is 24.3 Å². The van der Waals surface area contributed by atoms with Gasteiger partial charge >= 0.3 is 5.97 Å². The fourth-order valence-electron chi connectivity index (χ4n) is 3.90. The van der Waals surface area contributed by atoms with Gasteiger partial charge in [-0.25, -0.2) is 0 Å². The Balaban J connectivity index is 1.75. The number of benzene rings is 2. The van der Waals surface area contributed by atoms with Gasteiger partial charge in [0.05, 0.1) is 5.41 Å². The standard InChI is InChI=1S/C23H27NO3/c1-23(22(26)27)13-8-14-24(17-23)21(25)16-20(19-11-6-3-7-12-19)15-18-9-4-2-5-10-18/h2-7,9-12,20H,8,13-17H2,1H3,(H,26,27). The molecule has 1 fully saturated rings. The Hall–Kier alpha value is -2.62. The Kier molecular flexibility index (Phi) is 5.94. The minimum absolute atomic E-state index is 0.0481. The van der Waals surface area contributed by atoms with Gasteiger partial charge < -0.3 is 10.0 Å². The van der Waals surface area contributed by atoms with Gasteiger partial charge in [0.25, 0.3) is 0 Å². The van der Waals surface area contributed by atoms with E-state index in [1.165, 1.54) is 5.56 Å². The van der Waals surface area contributed by atoms with Crippen LogP contribution in [0.25, 0.3) is 0 Å². The van der Waals surface area contributed by atoms with E-state index in [4.69, 9.17) is 0 Å². The van der Waals surface area contributed by atoms with Crippen molar-refractivity contribution in [2.45, 2.75) is 38.5 Å². The van der Waals surface area contributed by atoms with Crippen LogP contribution in [0.5, 0.6) is 0 Å². The molecule has 1 aliphatic rings. The highest BCUT2D eigenvalue weighted by Gasteiger charge is 2.39. The van der Waals surface area contributed by atoms with Crippen molar-refractivity contribution in [3.63, 3.8) is 0 Å². The summed E-state index contributed by atoms with van der Waals surface area (Å²) < 4.78 is 0. The first-order chi connectivity index (χ1) is 13.0. The third-order valence-electron chi connectivity index (χ3n) is 5.58. The molecule has 4 nitrogen and oxygen atoms in total. The first-order valence-electron chi connectivity index (χ1n) is 9.58. The van der Waals surface area contributed by atoms with Gasteiger partial charge in [-0.1, -0.05) is 60.7 Å². The van der Waals surface area contributed by atoms with Gasteiger partial charge in [-0.3, -0.25) is 9.59 Å². The van der Waals surface area contributed by atoms with Gasteiger partial charge in [0, 0.05) is 19.5 Å². The van der Waals surface area contributed by atoms with Gasteiger partial charge in [-0.15, -0.1) is 0 Å². The molecule has 0 radical (unpaired) electrons. The second-order valence-electron chi connectivity index (χ2n) is 7.79. The number of hydrogen-bond donors (Lipinski definition) is 1. The van der Waals surface area contributed by atoms with Crippen LogP contribution >= 0.6 is 0 Å². The minimum atomic E-state index is -0.838. The van der Waals surface area contributed by atoms with E-state index in [9.17, 15) is 14.7 Å². The molecule has 4 heteroatoms. The van der Waals surface area contributed by atoms with Crippen LogP contribution in [0.4, 0.5) is 0 Å². The van der Waals surface area contributed by atoms with E-state index in [1.54, 1.807) is 11.8 Å². The molecular weight excluding hydrogens is 338 g/mol. The summed E-state index contributed by atoms with van der Waals surface area (Å²) in [5.74, 6) is -0.685. The molecule has 0 aromatic heterocycles. The summed E-state index contributed by atoms with van der Waals surface area (Å²) in [4.78, 5) is 26.4. The number of aliphatic carboxylic acids is 1. The predicted octanol–water partition coefficient (Wildman–Crippen LogP) is 4.12. The van der Waals surface area contributed by atoms with Gasteiger partial charge in [0.1, 0.15) is 0 Å². The Morgan fingerprint density at radius 3 is 2.33 bits per heavy atom. The Morgan fingerprint density at radius 2 is 1.70 bits per heavy atom. The Bertz CT molecular complexity index is 775. The van der Waals surface area contributed by atoms with E-state index in [0.717, 1.165) is 18.4 Å². The Morgan fingerprint density at radius 1 is 1.07 bits per heavy atom. The van der Waals surface area contributed by atoms with Crippen molar-refractivity contribution < 1.29 is 14.7 Å². The van der Waals surface area contributed by atoms with E-state index in [-0.39, 0.29) is 11.8 Å². The third-order valence-corrected chi connectivity index (χ3v) is 5.58. The van der Waals surface area contributed by atoms with Crippen LogP contribution in [0.2, 0.25) is 0 Å². The van der Waals surface area contributed by atoms with Crippen LogP contribution in [-0.4, -0.2) is 35.0 Å². The van der Waals surface area contributed by atoms with Crippen molar-refractivity contribution in [3.05, 3.63) is 71.8 Å². The summed E-state index contributed by atoms with van der Waals surface area (Å²) in [7, 11) is 0. The molecule has 1 amide bonds. The highest BCUT2D eigenvalue weighted by molar-refractivity contribution is 5.80. The first-order valence-corrected chi connectivity index (χ1v) is 9.58. The molecule has 2 atom stereocenters. The lowest BCUT2D eigenvalue weighted by molar-refractivity contribution is -0.153. The number of hydrogen-bond acceptors (Lipinski definition) is 2. The van der Waals surface area contributed by atoms with Crippen LogP contribution in [0.1, 0.15) is 43.2 Å². The molecule has 1 N–H and O–H groups in total. The van der Waals surface area contributed by atoms with E-state index in [1.807, 2.05) is 36.4 Å². The SMILES string of the molecule is CC1(C(=O)O)CCCN(C(=O)CC(Cc2ccccc2)c2ccccc2)C1. The summed E-state index contributed by atoms with van der Waals surface area (Å²) in [5.41, 5.74) is 1.51. The van der Waals surface area contributed by atoms with Crippen molar-refractivity contribution in [1.29, 1.82) is 0 Å². The molecule has 3 rings (SSSR count). The van der Waals surface area contributed by atoms with Crippen LogP contribution in [0.3, 0.4) is 0 Å². The predicted molar refractivity (Wildman–Crippen MR) is 106 cm³/mol. The monoisotopic (exact) mass is 365 g/mol. The molecule has 2 unspecified atom stereocenters. The number of amides is 1. The average molecular weight is 365 g/mol. The van der Waals surface area contributed by atoms with Gasteiger partial charge in [-0.2, -0.15) is 0 Å². The molecule has 0 aliphatic carbocycles. The summed E-state index contributed by atoms with van der Waals surface area (Å²) in [6.07, 6.45) is 2.55. The average Bonchev–Trinajstić information content (AvgIpc) is 2.69. The Labute approximate surface area is 160 Å². The molecular formula is C23H27NO3. The molecule has 0 saturated carbocycles.